The van der Waals surface area contributed by atoms with Crippen LogP contribution in [0.2, 0.25) is 0 Å². The van der Waals surface area contributed by atoms with E-state index in [1.54, 1.807) is 0 Å². The fourth-order valence-corrected chi connectivity index (χ4v) is 2.60. The molecule has 1 fully saturated rings. The number of aliphatic hydroxyl groups is 3. The van der Waals surface area contributed by atoms with Gasteiger partial charge in [0, 0.05) is 0 Å². The Bertz CT molecular complexity index is 119. The molecular weight excluding hydrogens is 263 g/mol. The normalized spacial score (nSPS) is 45.1. The van der Waals surface area contributed by atoms with Crippen LogP contribution in [-0.4, -0.2) is 44.2 Å². The molecule has 0 aliphatic carbocycles. The Hall–Kier alpha value is 0.530. The van der Waals surface area contributed by atoms with E-state index < -0.39 is 39.7 Å². The van der Waals surface area contributed by atoms with Gasteiger partial charge in [0.25, 0.3) is 0 Å². The van der Waals surface area contributed by atoms with Gasteiger partial charge in [-0.1, -0.05) is 0 Å². The van der Waals surface area contributed by atoms with E-state index in [1.807, 2.05) is 0 Å². The van der Waals surface area contributed by atoms with Crippen molar-refractivity contribution in [1.29, 1.82) is 0 Å². The first-order valence-electron chi connectivity index (χ1n) is 3.25. The van der Waals surface area contributed by atoms with Crippen LogP contribution in [0.4, 0.5) is 0 Å². The van der Waals surface area contributed by atoms with Crippen LogP contribution in [0.25, 0.3) is 0 Å². The van der Waals surface area contributed by atoms with Crippen molar-refractivity contribution in [3.8, 4) is 0 Å². The minimum atomic E-state index is -0.881. The molecule has 1 saturated heterocycles. The number of alkyl halides is 1. The standard InChI is InChI=1S/C5H12IN2O3/c7-6-5-4(11)3(10)2(1-9)8-5/h2-5,8-11H,1,7H2/q-1. The molecule has 0 aromatic heterocycles. The van der Waals surface area contributed by atoms with E-state index in [0.717, 1.165) is 0 Å². The summed E-state index contributed by atoms with van der Waals surface area (Å²) in [4.78, 5) is 0. The second kappa shape index (κ2) is 3.97. The first-order valence-corrected chi connectivity index (χ1v) is 5.75. The molecule has 0 aromatic carbocycles. The topological polar surface area (TPSA) is 98.7 Å². The van der Waals surface area contributed by atoms with Crippen molar-refractivity contribution in [2.24, 2.45) is 3.95 Å². The molecule has 0 bridgehead atoms. The number of nitrogens with one attached hydrogen (secondary N) is 1. The summed E-state index contributed by atoms with van der Waals surface area (Å²) in [5.74, 6) is 0. The maximum atomic E-state index is 9.28. The van der Waals surface area contributed by atoms with Crippen molar-refractivity contribution in [3.63, 3.8) is 0 Å². The summed E-state index contributed by atoms with van der Waals surface area (Å²) in [5, 5.41) is 30.1. The van der Waals surface area contributed by atoms with Crippen molar-refractivity contribution in [1.82, 2.24) is 5.32 Å². The van der Waals surface area contributed by atoms with E-state index >= 15 is 0 Å². The summed E-state index contributed by atoms with van der Waals surface area (Å²) in [5.41, 5.74) is 0. The van der Waals surface area contributed by atoms with Crippen LogP contribution in [0.1, 0.15) is 0 Å². The van der Waals surface area contributed by atoms with Gasteiger partial charge in [-0.05, 0) is 0 Å². The van der Waals surface area contributed by atoms with Crippen LogP contribution in [-0.2, 0) is 0 Å². The fraction of sp³-hybridized carbons (Fsp3) is 1.00. The number of halogens is 1. The molecule has 0 saturated carbocycles. The number of hydrogen-bond acceptors (Lipinski definition) is 5. The summed E-state index contributed by atoms with van der Waals surface area (Å²) >= 11 is -0.629. The van der Waals surface area contributed by atoms with Crippen LogP contribution >= 0.6 is 0 Å². The number of nitrogens with two attached hydrogens (primary N) is 1. The molecule has 0 amide bonds. The van der Waals surface area contributed by atoms with Gasteiger partial charge < -0.3 is 0 Å². The molecule has 0 radical (unpaired) electrons. The van der Waals surface area contributed by atoms with Crippen molar-refractivity contribution in [2.75, 3.05) is 6.61 Å². The third-order valence-corrected chi connectivity index (χ3v) is 3.64. The quantitative estimate of drug-likeness (QED) is 0.149. The summed E-state index contributed by atoms with van der Waals surface area (Å²) < 4.78 is 5.20. The Morgan fingerprint density at radius 1 is 1.36 bits per heavy atom. The Balaban J connectivity index is 2.53. The van der Waals surface area contributed by atoms with Gasteiger partial charge in [-0.2, -0.15) is 0 Å². The third-order valence-electron chi connectivity index (χ3n) is 1.77. The van der Waals surface area contributed by atoms with Gasteiger partial charge in [-0.15, -0.1) is 0 Å². The van der Waals surface area contributed by atoms with Gasteiger partial charge in [0.15, 0.2) is 0 Å². The van der Waals surface area contributed by atoms with Gasteiger partial charge in [0.05, 0.1) is 0 Å². The third kappa shape index (κ3) is 1.82. The van der Waals surface area contributed by atoms with Crippen LogP contribution in [0.5, 0.6) is 0 Å². The van der Waals surface area contributed by atoms with Gasteiger partial charge in [-0.25, -0.2) is 0 Å². The van der Waals surface area contributed by atoms with Gasteiger partial charge in [0.1, 0.15) is 0 Å². The van der Waals surface area contributed by atoms with Crippen LogP contribution in [0.3, 0.4) is 0 Å². The predicted octanol–water partition coefficient (Wildman–Crippen LogP) is -6.04. The van der Waals surface area contributed by atoms with Crippen LogP contribution in [0, 0.1) is 0 Å². The Morgan fingerprint density at radius 3 is 2.27 bits per heavy atom. The van der Waals surface area contributed by atoms with E-state index in [9.17, 15) is 10.2 Å². The molecule has 1 aliphatic rings. The molecule has 68 valence electrons. The van der Waals surface area contributed by atoms with Crippen molar-refractivity contribution in [3.05, 3.63) is 0 Å². The Labute approximate surface area is 75.2 Å². The van der Waals surface area contributed by atoms with Crippen molar-refractivity contribution >= 4 is 0 Å². The zero-order chi connectivity index (χ0) is 8.43. The van der Waals surface area contributed by atoms with E-state index in [-0.39, 0.29) is 10.7 Å². The molecule has 1 rings (SSSR count). The average Bonchev–Trinajstić information content (AvgIpc) is 2.30. The average molecular weight is 275 g/mol. The molecule has 1 heterocycles. The van der Waals surface area contributed by atoms with E-state index in [2.05, 4.69) is 5.32 Å². The zero-order valence-electron chi connectivity index (χ0n) is 5.81. The van der Waals surface area contributed by atoms with Gasteiger partial charge in [0.2, 0.25) is 0 Å². The first kappa shape index (κ1) is 9.62. The molecule has 11 heavy (non-hydrogen) atoms. The van der Waals surface area contributed by atoms with Crippen molar-refractivity contribution in [2.45, 2.75) is 22.3 Å². The molecular formula is C5H12IN2O3-. The van der Waals surface area contributed by atoms with Crippen LogP contribution in [0.15, 0.2) is 0 Å². The second-order valence-corrected chi connectivity index (χ2v) is 4.53. The van der Waals surface area contributed by atoms with Gasteiger partial charge in [-0.3, -0.25) is 0 Å². The Morgan fingerprint density at radius 2 is 2.00 bits per heavy atom. The summed E-state index contributed by atoms with van der Waals surface area (Å²) in [7, 11) is 0. The molecule has 0 aromatic rings. The summed E-state index contributed by atoms with van der Waals surface area (Å²) in [6, 6.07) is -0.418. The Kier molecular flexibility index (Phi) is 3.47. The number of rotatable bonds is 2. The first-order chi connectivity index (χ1) is 5.20. The number of aliphatic hydroxyl groups excluding tert-OH is 3. The molecule has 4 unspecified atom stereocenters. The predicted molar refractivity (Wildman–Crippen MR) is 34.0 cm³/mol. The van der Waals surface area contributed by atoms with Crippen LogP contribution < -0.4 is 30.7 Å². The summed E-state index contributed by atoms with van der Waals surface area (Å²) in [6.45, 7) is -0.168. The molecule has 6 heteroatoms. The SMILES string of the molecule is N[I-]C1NC(CO)C(O)C1O. The van der Waals surface area contributed by atoms with E-state index in [1.165, 1.54) is 0 Å². The molecule has 0 spiro atoms. The fourth-order valence-electron chi connectivity index (χ4n) is 1.08. The zero-order valence-corrected chi connectivity index (χ0v) is 7.97. The maximum absolute atomic E-state index is 9.28. The molecule has 4 atom stereocenters. The molecule has 5 nitrogen and oxygen atoms in total. The van der Waals surface area contributed by atoms with Gasteiger partial charge >= 0.3 is 75.0 Å². The monoisotopic (exact) mass is 275 g/mol. The number of hydrogen-bond donors (Lipinski definition) is 5. The summed E-state index contributed by atoms with van der Waals surface area (Å²) in [6.07, 6.45) is -1.70. The van der Waals surface area contributed by atoms with E-state index in [4.69, 9.17) is 9.05 Å². The van der Waals surface area contributed by atoms with E-state index in [0.29, 0.717) is 0 Å². The van der Waals surface area contributed by atoms with Crippen molar-refractivity contribution < 1.29 is 36.8 Å². The minimum absolute atomic E-state index is 0.168. The second-order valence-electron chi connectivity index (χ2n) is 2.46. The molecule has 6 N–H and O–H groups in total. The molecule has 1 aliphatic heterocycles.